The Kier molecular flexibility index (Phi) is 7.92. The molecule has 144 valence electrons. The van der Waals surface area contributed by atoms with Gasteiger partial charge in [0.1, 0.15) is 5.75 Å². The van der Waals surface area contributed by atoms with Crippen LogP contribution in [0.5, 0.6) is 5.75 Å². The summed E-state index contributed by atoms with van der Waals surface area (Å²) >= 11 is 0. The summed E-state index contributed by atoms with van der Waals surface area (Å²) in [5, 5.41) is 0. The first-order chi connectivity index (χ1) is 12.8. The quantitative estimate of drug-likeness (QED) is 0.500. The highest BCUT2D eigenvalue weighted by molar-refractivity contribution is 5.96. The average Bonchev–Trinajstić information content (AvgIpc) is 2.71. The number of hydrogen-bond donors (Lipinski definition) is 0. The van der Waals surface area contributed by atoms with E-state index in [0.717, 1.165) is 63.7 Å². The molecule has 0 bridgehead atoms. The van der Waals surface area contributed by atoms with Crippen molar-refractivity contribution in [1.82, 2.24) is 9.80 Å². The lowest BCUT2D eigenvalue weighted by atomic mass is 10.1. The molecule has 0 atom stereocenters. The highest BCUT2D eigenvalue weighted by atomic mass is 16.5. The van der Waals surface area contributed by atoms with E-state index in [0.29, 0.717) is 6.42 Å². The summed E-state index contributed by atoms with van der Waals surface area (Å²) in [5.41, 5.74) is 0.777. The zero-order valence-electron chi connectivity index (χ0n) is 15.8. The minimum Gasteiger partial charge on any atom is -0.494 e. The highest BCUT2D eigenvalue weighted by Crippen LogP contribution is 2.15. The molecule has 26 heavy (non-hydrogen) atoms. The molecule has 2 fully saturated rings. The summed E-state index contributed by atoms with van der Waals surface area (Å²) in [6.45, 7) is 8.56. The number of benzene rings is 1. The molecule has 0 aromatic heterocycles. The zero-order valence-corrected chi connectivity index (χ0v) is 15.8. The third-order valence-corrected chi connectivity index (χ3v) is 5.27. The largest absolute Gasteiger partial charge is 0.494 e. The molecule has 3 rings (SSSR count). The molecular formula is C21H32N2O3. The van der Waals surface area contributed by atoms with Crippen LogP contribution in [-0.2, 0) is 4.74 Å². The van der Waals surface area contributed by atoms with Crippen LogP contribution in [0.4, 0.5) is 0 Å². The Morgan fingerprint density at radius 1 is 0.923 bits per heavy atom. The summed E-state index contributed by atoms with van der Waals surface area (Å²) in [7, 11) is 0. The monoisotopic (exact) mass is 360 g/mol. The first-order valence-electron chi connectivity index (χ1n) is 10.1. The summed E-state index contributed by atoms with van der Waals surface area (Å²) in [6.07, 6.45) is 5.67. The Balaban J connectivity index is 1.33. The van der Waals surface area contributed by atoms with E-state index >= 15 is 0 Å². The number of ether oxygens (including phenoxy) is 2. The molecule has 2 heterocycles. The maximum atomic E-state index is 12.3. The number of Topliss-reactive ketones (excluding diaryl/α,β-unsaturated/α-hetero) is 1. The molecular weight excluding hydrogens is 328 g/mol. The van der Waals surface area contributed by atoms with E-state index in [1.165, 1.54) is 32.4 Å². The van der Waals surface area contributed by atoms with Gasteiger partial charge in [-0.1, -0.05) is 6.42 Å². The number of hydrogen-bond acceptors (Lipinski definition) is 5. The van der Waals surface area contributed by atoms with Crippen molar-refractivity contribution in [3.63, 3.8) is 0 Å². The second-order valence-corrected chi connectivity index (χ2v) is 7.26. The maximum absolute atomic E-state index is 12.3. The van der Waals surface area contributed by atoms with Gasteiger partial charge >= 0.3 is 0 Å². The number of carbonyl (C=O) groups excluding carboxylic acids is 1. The topological polar surface area (TPSA) is 42.0 Å². The summed E-state index contributed by atoms with van der Waals surface area (Å²) in [6, 6.07) is 7.62. The molecule has 1 aromatic carbocycles. The maximum Gasteiger partial charge on any atom is 0.164 e. The van der Waals surface area contributed by atoms with Crippen LogP contribution in [-0.4, -0.2) is 74.7 Å². The van der Waals surface area contributed by atoms with Gasteiger partial charge in [-0.25, -0.2) is 0 Å². The molecule has 0 saturated carbocycles. The van der Waals surface area contributed by atoms with E-state index in [1.54, 1.807) is 0 Å². The zero-order chi connectivity index (χ0) is 18.0. The van der Waals surface area contributed by atoms with Crippen LogP contribution >= 0.6 is 0 Å². The standard InChI is InChI=1S/C21H32N2O3/c24-21(9-13-23-14-17-25-18-15-23)19-5-7-20(8-6-19)26-16-4-12-22-10-2-1-3-11-22/h5-8H,1-4,9-18H2. The molecule has 2 saturated heterocycles. The Labute approximate surface area is 157 Å². The Hall–Kier alpha value is -1.43. The van der Waals surface area contributed by atoms with Crippen LogP contribution in [0.25, 0.3) is 0 Å². The van der Waals surface area contributed by atoms with Crippen LogP contribution in [0.2, 0.25) is 0 Å². The van der Waals surface area contributed by atoms with Crippen LogP contribution < -0.4 is 4.74 Å². The number of ketones is 1. The smallest absolute Gasteiger partial charge is 0.164 e. The van der Waals surface area contributed by atoms with Gasteiger partial charge in [0, 0.05) is 38.2 Å². The van der Waals surface area contributed by atoms with Gasteiger partial charge in [0.25, 0.3) is 0 Å². The average molecular weight is 360 g/mol. The lowest BCUT2D eigenvalue weighted by Gasteiger charge is -2.26. The molecule has 0 radical (unpaired) electrons. The second-order valence-electron chi connectivity index (χ2n) is 7.26. The number of morpholine rings is 1. The Morgan fingerprint density at radius 3 is 2.35 bits per heavy atom. The fourth-order valence-electron chi connectivity index (χ4n) is 3.63. The minimum atomic E-state index is 0.202. The molecule has 2 aliphatic rings. The molecule has 5 nitrogen and oxygen atoms in total. The number of nitrogens with zero attached hydrogens (tertiary/aromatic N) is 2. The van der Waals surface area contributed by atoms with E-state index in [9.17, 15) is 4.79 Å². The van der Waals surface area contributed by atoms with Crippen molar-refractivity contribution in [3.05, 3.63) is 29.8 Å². The normalized spacial score (nSPS) is 19.4. The molecule has 0 aliphatic carbocycles. The van der Waals surface area contributed by atoms with E-state index in [4.69, 9.17) is 9.47 Å². The van der Waals surface area contributed by atoms with Gasteiger partial charge in [0.2, 0.25) is 0 Å². The predicted molar refractivity (Wildman–Crippen MR) is 103 cm³/mol. The van der Waals surface area contributed by atoms with Gasteiger partial charge < -0.3 is 14.4 Å². The van der Waals surface area contributed by atoms with E-state index in [2.05, 4.69) is 9.80 Å². The first-order valence-corrected chi connectivity index (χ1v) is 10.1. The van der Waals surface area contributed by atoms with Crippen molar-refractivity contribution in [3.8, 4) is 5.75 Å². The molecule has 0 unspecified atom stereocenters. The van der Waals surface area contributed by atoms with Gasteiger partial charge in [0.15, 0.2) is 5.78 Å². The summed E-state index contributed by atoms with van der Waals surface area (Å²) in [4.78, 5) is 17.2. The van der Waals surface area contributed by atoms with Gasteiger partial charge in [-0.3, -0.25) is 9.69 Å². The van der Waals surface area contributed by atoms with Crippen molar-refractivity contribution in [2.24, 2.45) is 0 Å². The SMILES string of the molecule is O=C(CCN1CCOCC1)c1ccc(OCCCN2CCCCC2)cc1. The van der Waals surface area contributed by atoms with Gasteiger partial charge in [0.05, 0.1) is 19.8 Å². The summed E-state index contributed by atoms with van der Waals surface area (Å²) in [5.74, 6) is 1.06. The highest BCUT2D eigenvalue weighted by Gasteiger charge is 2.13. The first kappa shape index (κ1) is 19.3. The van der Waals surface area contributed by atoms with Gasteiger partial charge in [-0.2, -0.15) is 0 Å². The lowest BCUT2D eigenvalue weighted by Crippen LogP contribution is -2.37. The van der Waals surface area contributed by atoms with Crippen molar-refractivity contribution >= 4 is 5.78 Å². The number of rotatable bonds is 9. The van der Waals surface area contributed by atoms with Crippen molar-refractivity contribution in [2.45, 2.75) is 32.1 Å². The van der Waals surface area contributed by atoms with Gasteiger partial charge in [-0.15, -0.1) is 0 Å². The number of carbonyl (C=O) groups is 1. The summed E-state index contributed by atoms with van der Waals surface area (Å²) < 4.78 is 11.2. The molecule has 0 spiro atoms. The van der Waals surface area contributed by atoms with Crippen molar-refractivity contribution in [1.29, 1.82) is 0 Å². The third-order valence-electron chi connectivity index (χ3n) is 5.27. The molecule has 5 heteroatoms. The molecule has 2 aliphatic heterocycles. The van der Waals surface area contributed by atoms with Crippen LogP contribution in [0, 0.1) is 0 Å². The second kappa shape index (κ2) is 10.7. The number of likely N-dealkylation sites (tertiary alicyclic amines) is 1. The van der Waals surface area contributed by atoms with Crippen LogP contribution in [0.1, 0.15) is 42.5 Å². The van der Waals surface area contributed by atoms with Gasteiger partial charge in [-0.05, 0) is 56.6 Å². The fourth-order valence-corrected chi connectivity index (χ4v) is 3.63. The van der Waals surface area contributed by atoms with E-state index < -0.39 is 0 Å². The Morgan fingerprint density at radius 2 is 1.62 bits per heavy atom. The molecule has 0 amide bonds. The van der Waals surface area contributed by atoms with E-state index in [1.807, 2.05) is 24.3 Å². The minimum absolute atomic E-state index is 0.202. The third kappa shape index (κ3) is 6.38. The molecule has 0 N–H and O–H groups in total. The Bertz CT molecular complexity index is 535. The molecule has 1 aromatic rings. The van der Waals surface area contributed by atoms with E-state index in [-0.39, 0.29) is 5.78 Å². The van der Waals surface area contributed by atoms with Crippen molar-refractivity contribution < 1.29 is 14.3 Å². The number of piperidine rings is 1. The van der Waals surface area contributed by atoms with Crippen LogP contribution in [0.3, 0.4) is 0 Å². The fraction of sp³-hybridized carbons (Fsp3) is 0.667. The predicted octanol–water partition coefficient (Wildman–Crippen LogP) is 2.85. The van der Waals surface area contributed by atoms with Crippen molar-refractivity contribution in [2.75, 3.05) is 59.1 Å². The lowest BCUT2D eigenvalue weighted by molar-refractivity contribution is 0.0370. The van der Waals surface area contributed by atoms with Crippen LogP contribution in [0.15, 0.2) is 24.3 Å².